The van der Waals surface area contributed by atoms with Crippen molar-refractivity contribution >= 4 is 11.5 Å². The highest BCUT2D eigenvalue weighted by Crippen LogP contribution is 2.26. The molecule has 0 aliphatic carbocycles. The van der Waals surface area contributed by atoms with E-state index in [0.717, 1.165) is 23.8 Å². The third kappa shape index (κ3) is 4.70. The summed E-state index contributed by atoms with van der Waals surface area (Å²) in [4.78, 5) is 20.1. The number of aliphatic hydroxyl groups is 1. The van der Waals surface area contributed by atoms with Gasteiger partial charge in [-0.1, -0.05) is 30.3 Å². The molecule has 0 saturated heterocycles. The van der Waals surface area contributed by atoms with Crippen LogP contribution in [0.2, 0.25) is 0 Å². The number of allylic oxidation sites excluding steroid dienone is 1. The second kappa shape index (κ2) is 9.00. The van der Waals surface area contributed by atoms with Crippen LogP contribution < -0.4 is 0 Å². The molecule has 4 aromatic rings. The Morgan fingerprint density at radius 1 is 1.07 bits per heavy atom. The zero-order valence-corrected chi connectivity index (χ0v) is 16.2. The first kappa shape index (κ1) is 19.3. The van der Waals surface area contributed by atoms with E-state index >= 15 is 0 Å². The number of rotatable bonds is 8. The van der Waals surface area contributed by atoms with Crippen LogP contribution in [-0.2, 0) is 19.3 Å². The van der Waals surface area contributed by atoms with Gasteiger partial charge < -0.3 is 9.52 Å². The first-order valence-corrected chi connectivity index (χ1v) is 9.54. The van der Waals surface area contributed by atoms with E-state index in [4.69, 9.17) is 4.42 Å². The number of furan rings is 1. The lowest BCUT2D eigenvalue weighted by atomic mass is 10.1. The van der Waals surface area contributed by atoms with Crippen molar-refractivity contribution in [2.75, 3.05) is 0 Å². The van der Waals surface area contributed by atoms with Crippen LogP contribution in [-0.4, -0.2) is 31.1 Å². The molecule has 0 spiro atoms. The van der Waals surface area contributed by atoms with E-state index < -0.39 is 5.78 Å². The van der Waals surface area contributed by atoms with Gasteiger partial charge >= 0.3 is 0 Å². The maximum absolute atomic E-state index is 12.3. The largest absolute Gasteiger partial charge is 0.507 e. The quantitative estimate of drug-likeness (QED) is 0.264. The molecule has 0 fully saturated rings. The summed E-state index contributed by atoms with van der Waals surface area (Å²) in [6, 6.07) is 15.7. The van der Waals surface area contributed by atoms with Gasteiger partial charge in [0.2, 0.25) is 5.78 Å². The molecule has 1 aromatic carbocycles. The van der Waals surface area contributed by atoms with Gasteiger partial charge in [0.15, 0.2) is 5.82 Å². The summed E-state index contributed by atoms with van der Waals surface area (Å²) in [5.41, 5.74) is 2.68. The molecule has 3 heterocycles. The average molecular weight is 400 g/mol. The predicted molar refractivity (Wildman–Crippen MR) is 111 cm³/mol. The molecular formula is C23H20N4O3. The van der Waals surface area contributed by atoms with Crippen molar-refractivity contribution in [3.05, 3.63) is 107 Å². The highest BCUT2D eigenvalue weighted by molar-refractivity contribution is 6.05. The molecule has 0 aliphatic rings. The predicted octanol–water partition coefficient (Wildman–Crippen LogP) is 3.95. The van der Waals surface area contributed by atoms with E-state index in [9.17, 15) is 9.90 Å². The Labute approximate surface area is 173 Å². The van der Waals surface area contributed by atoms with Crippen LogP contribution in [0.4, 0.5) is 0 Å². The van der Waals surface area contributed by atoms with E-state index in [1.54, 1.807) is 18.5 Å². The van der Waals surface area contributed by atoms with E-state index in [2.05, 4.69) is 32.3 Å². The van der Waals surface area contributed by atoms with Crippen molar-refractivity contribution in [3.63, 3.8) is 0 Å². The first-order valence-electron chi connectivity index (χ1n) is 9.54. The number of aromatic amines is 1. The lowest BCUT2D eigenvalue weighted by Gasteiger charge is -2.02. The lowest BCUT2D eigenvalue weighted by molar-refractivity contribution is 0.103. The van der Waals surface area contributed by atoms with Crippen LogP contribution >= 0.6 is 0 Å². The third-order valence-electron chi connectivity index (χ3n) is 4.67. The molecule has 0 amide bonds. The summed E-state index contributed by atoms with van der Waals surface area (Å²) in [5, 5.41) is 16.8. The monoisotopic (exact) mass is 400 g/mol. The van der Waals surface area contributed by atoms with Crippen molar-refractivity contribution in [2.45, 2.75) is 19.3 Å². The van der Waals surface area contributed by atoms with Crippen LogP contribution in [0.3, 0.4) is 0 Å². The number of nitrogens with one attached hydrogen (secondary N) is 1. The van der Waals surface area contributed by atoms with Crippen molar-refractivity contribution in [2.24, 2.45) is 0 Å². The Kier molecular flexibility index (Phi) is 5.80. The number of H-pyrrole nitrogens is 1. The zero-order chi connectivity index (χ0) is 20.8. The van der Waals surface area contributed by atoms with Gasteiger partial charge in [0.25, 0.3) is 0 Å². The minimum absolute atomic E-state index is 0.0602. The first-order chi connectivity index (χ1) is 14.7. The van der Waals surface area contributed by atoms with Gasteiger partial charge in [-0.2, -0.15) is 5.10 Å². The highest BCUT2D eigenvalue weighted by Gasteiger charge is 2.17. The zero-order valence-electron chi connectivity index (χ0n) is 16.2. The molecule has 0 aliphatic heterocycles. The normalized spacial score (nSPS) is 11.5. The Bertz CT molecular complexity index is 1130. The number of benzene rings is 1. The third-order valence-corrected chi connectivity index (χ3v) is 4.67. The Balaban J connectivity index is 1.60. The van der Waals surface area contributed by atoms with Gasteiger partial charge in [0, 0.05) is 31.3 Å². The standard InChI is InChI=1S/C23H20N4O3/c28-20(14-21(29)23-25-15-26-27-23)19-13-18(7-6-16-4-2-1-3-5-16)30-22(19)12-17-8-10-24-11-9-17/h1-5,8-11,13-15,28H,6-7,12H2,(H,25,26,27). The number of aliphatic hydroxyl groups excluding tert-OH is 1. The molecule has 0 atom stereocenters. The van der Waals surface area contributed by atoms with Gasteiger partial charge in [-0.15, -0.1) is 0 Å². The average Bonchev–Trinajstić information content (AvgIpc) is 3.44. The fourth-order valence-electron chi connectivity index (χ4n) is 3.15. The molecule has 4 rings (SSSR count). The van der Waals surface area contributed by atoms with Gasteiger partial charge in [0.05, 0.1) is 5.56 Å². The van der Waals surface area contributed by atoms with Crippen molar-refractivity contribution < 1.29 is 14.3 Å². The van der Waals surface area contributed by atoms with Crippen LogP contribution in [0, 0.1) is 0 Å². The van der Waals surface area contributed by atoms with E-state index in [0.29, 0.717) is 24.2 Å². The van der Waals surface area contributed by atoms with Crippen molar-refractivity contribution in [1.29, 1.82) is 0 Å². The minimum atomic E-state index is -0.466. The van der Waals surface area contributed by atoms with Crippen molar-refractivity contribution in [1.82, 2.24) is 20.2 Å². The van der Waals surface area contributed by atoms with E-state index in [1.165, 1.54) is 11.9 Å². The molecule has 3 aromatic heterocycles. The molecule has 0 bridgehead atoms. The fraction of sp³-hybridized carbons (Fsp3) is 0.130. The number of hydrogen-bond donors (Lipinski definition) is 2. The molecule has 0 saturated carbocycles. The highest BCUT2D eigenvalue weighted by atomic mass is 16.3. The van der Waals surface area contributed by atoms with E-state index in [1.807, 2.05) is 30.3 Å². The molecule has 7 nitrogen and oxygen atoms in total. The summed E-state index contributed by atoms with van der Waals surface area (Å²) in [6.45, 7) is 0. The summed E-state index contributed by atoms with van der Waals surface area (Å²) in [5.74, 6) is 0.750. The van der Waals surface area contributed by atoms with Gasteiger partial charge in [-0.25, -0.2) is 4.98 Å². The topological polar surface area (TPSA) is 105 Å². The molecule has 0 unspecified atom stereocenters. The number of aryl methyl sites for hydroxylation is 2. The minimum Gasteiger partial charge on any atom is -0.507 e. The number of pyridine rings is 1. The summed E-state index contributed by atoms with van der Waals surface area (Å²) >= 11 is 0. The fourth-order valence-corrected chi connectivity index (χ4v) is 3.15. The van der Waals surface area contributed by atoms with E-state index in [-0.39, 0.29) is 11.6 Å². The van der Waals surface area contributed by atoms with Crippen LogP contribution in [0.5, 0.6) is 0 Å². The van der Waals surface area contributed by atoms with Gasteiger partial charge in [-0.3, -0.25) is 14.9 Å². The Morgan fingerprint density at radius 2 is 1.87 bits per heavy atom. The van der Waals surface area contributed by atoms with Gasteiger partial charge in [-0.05, 0) is 35.7 Å². The van der Waals surface area contributed by atoms with Crippen LogP contribution in [0.15, 0.2) is 77.7 Å². The van der Waals surface area contributed by atoms with Crippen molar-refractivity contribution in [3.8, 4) is 0 Å². The second-order valence-electron chi connectivity index (χ2n) is 6.80. The number of nitrogens with zero attached hydrogens (tertiary/aromatic N) is 3. The lowest BCUT2D eigenvalue weighted by Crippen LogP contribution is -2.00. The molecule has 150 valence electrons. The smallest absolute Gasteiger partial charge is 0.226 e. The SMILES string of the molecule is O=C(C=C(O)c1cc(CCc2ccccc2)oc1Cc1ccncc1)c1ncn[nH]1. The van der Waals surface area contributed by atoms with Crippen LogP contribution in [0.25, 0.3) is 5.76 Å². The Morgan fingerprint density at radius 3 is 2.60 bits per heavy atom. The number of ketones is 1. The van der Waals surface area contributed by atoms with Crippen LogP contribution in [0.1, 0.15) is 38.8 Å². The maximum atomic E-state index is 12.3. The molecule has 2 N–H and O–H groups in total. The van der Waals surface area contributed by atoms with Gasteiger partial charge in [0.1, 0.15) is 23.6 Å². The molecule has 0 radical (unpaired) electrons. The summed E-state index contributed by atoms with van der Waals surface area (Å²) in [6.07, 6.45) is 7.74. The summed E-state index contributed by atoms with van der Waals surface area (Å²) < 4.78 is 6.07. The molecule has 30 heavy (non-hydrogen) atoms. The molecule has 7 heteroatoms. The number of carbonyl (C=O) groups is 1. The Hall–Kier alpha value is -4.00. The number of carbonyl (C=O) groups excluding carboxylic acids is 1. The summed E-state index contributed by atoms with van der Waals surface area (Å²) in [7, 11) is 0. The maximum Gasteiger partial charge on any atom is 0.226 e. The number of hydrogen-bond acceptors (Lipinski definition) is 6. The second-order valence-corrected chi connectivity index (χ2v) is 6.80. The molecular weight excluding hydrogens is 380 g/mol. The number of aromatic nitrogens is 4.